The second-order valence-electron chi connectivity index (χ2n) is 9.38. The van der Waals surface area contributed by atoms with Crippen LogP contribution in [0.25, 0.3) is 11.0 Å². The van der Waals surface area contributed by atoms with Crippen molar-refractivity contribution < 1.29 is 13.9 Å². The first-order valence-electron chi connectivity index (χ1n) is 11.5. The molecule has 1 aliphatic carbocycles. The molecule has 4 heterocycles. The molecule has 0 spiro atoms. The summed E-state index contributed by atoms with van der Waals surface area (Å²) in [6.45, 7) is 6.32. The van der Waals surface area contributed by atoms with Gasteiger partial charge in [0.2, 0.25) is 0 Å². The van der Waals surface area contributed by atoms with Gasteiger partial charge in [0.25, 0.3) is 0 Å². The van der Waals surface area contributed by atoms with E-state index < -0.39 is 0 Å². The molecule has 2 aliphatic heterocycles. The number of morpholine rings is 1. The van der Waals surface area contributed by atoms with E-state index in [1.165, 1.54) is 30.7 Å². The maximum Gasteiger partial charge on any atom is 0.143 e. The fourth-order valence-corrected chi connectivity index (χ4v) is 5.18. The van der Waals surface area contributed by atoms with Gasteiger partial charge in [0.05, 0.1) is 29.7 Å². The van der Waals surface area contributed by atoms with Crippen LogP contribution < -0.4 is 10.1 Å². The number of halogens is 1. The van der Waals surface area contributed by atoms with Gasteiger partial charge in [0.1, 0.15) is 36.0 Å². The van der Waals surface area contributed by atoms with Gasteiger partial charge in [-0.15, -0.1) is 0 Å². The van der Waals surface area contributed by atoms with Crippen molar-refractivity contribution >= 4 is 16.9 Å². The molecule has 3 aliphatic rings. The summed E-state index contributed by atoms with van der Waals surface area (Å²) in [5, 5.41) is 4.69. The maximum absolute atomic E-state index is 13.9. The largest absolute Gasteiger partial charge is 0.491 e. The van der Waals surface area contributed by atoms with Gasteiger partial charge >= 0.3 is 0 Å². The lowest BCUT2D eigenvalue weighted by atomic mass is 9.93. The second-order valence-corrected chi connectivity index (χ2v) is 9.38. The van der Waals surface area contributed by atoms with E-state index in [0.717, 1.165) is 35.5 Å². The van der Waals surface area contributed by atoms with E-state index in [0.29, 0.717) is 18.3 Å². The maximum atomic E-state index is 13.9. The molecule has 1 saturated carbocycles. The molecular formula is C24H28FN5O2. The number of benzene rings is 1. The summed E-state index contributed by atoms with van der Waals surface area (Å²) in [4.78, 5) is 14.9. The number of aromatic nitrogens is 3. The molecule has 8 heteroatoms. The Hall–Kier alpha value is -2.71. The molecule has 4 atom stereocenters. The second kappa shape index (κ2) is 7.71. The molecule has 2 N–H and O–H groups in total. The zero-order valence-corrected chi connectivity index (χ0v) is 18.3. The van der Waals surface area contributed by atoms with Crippen LogP contribution in [0.5, 0.6) is 5.75 Å². The van der Waals surface area contributed by atoms with Gasteiger partial charge in [0, 0.05) is 30.4 Å². The summed E-state index contributed by atoms with van der Waals surface area (Å²) >= 11 is 0. The van der Waals surface area contributed by atoms with Crippen LogP contribution in [0.15, 0.2) is 30.6 Å². The summed E-state index contributed by atoms with van der Waals surface area (Å²) in [6, 6.07) is 6.94. The number of rotatable bonds is 4. The van der Waals surface area contributed by atoms with Gasteiger partial charge in [-0.25, -0.2) is 14.4 Å². The van der Waals surface area contributed by atoms with Crippen LogP contribution in [0.4, 0.5) is 10.2 Å². The molecule has 1 aromatic carbocycles. The van der Waals surface area contributed by atoms with E-state index in [1.807, 2.05) is 6.07 Å². The first-order chi connectivity index (χ1) is 15.5. The number of hydrogen-bond acceptors (Lipinski definition) is 6. The number of hydrogen-bond donors (Lipinski definition) is 2. The number of ether oxygens (including phenoxy) is 2. The molecule has 0 bridgehead atoms. The Kier molecular flexibility index (Phi) is 4.80. The molecule has 0 amide bonds. The van der Waals surface area contributed by atoms with Crippen molar-refractivity contribution in [3.8, 4) is 5.75 Å². The van der Waals surface area contributed by atoms with Crippen LogP contribution in [-0.4, -0.2) is 57.8 Å². The van der Waals surface area contributed by atoms with E-state index in [1.54, 1.807) is 6.33 Å². The molecule has 7 nitrogen and oxygen atoms in total. The lowest BCUT2D eigenvalue weighted by Crippen LogP contribution is -2.56. The average Bonchev–Trinajstić information content (AvgIpc) is 3.52. The van der Waals surface area contributed by atoms with E-state index in [4.69, 9.17) is 9.47 Å². The minimum atomic E-state index is -0.293. The van der Waals surface area contributed by atoms with Gasteiger partial charge < -0.3 is 19.8 Å². The van der Waals surface area contributed by atoms with Crippen LogP contribution in [-0.2, 0) is 4.74 Å². The monoisotopic (exact) mass is 437 g/mol. The number of H-pyrrole nitrogens is 1. The molecule has 2 fully saturated rings. The summed E-state index contributed by atoms with van der Waals surface area (Å²) < 4.78 is 25.9. The average molecular weight is 438 g/mol. The Labute approximate surface area is 186 Å². The van der Waals surface area contributed by atoms with Crippen molar-refractivity contribution in [2.24, 2.45) is 0 Å². The van der Waals surface area contributed by atoms with Crippen molar-refractivity contribution in [1.29, 1.82) is 0 Å². The molecule has 3 aromatic rings. The number of anilines is 1. The number of nitrogens with one attached hydrogen (secondary N) is 2. The zero-order valence-electron chi connectivity index (χ0n) is 18.3. The summed E-state index contributed by atoms with van der Waals surface area (Å²) in [5.41, 5.74) is 3.02. The quantitative estimate of drug-likeness (QED) is 0.643. The highest BCUT2D eigenvalue weighted by Gasteiger charge is 2.39. The third kappa shape index (κ3) is 3.61. The van der Waals surface area contributed by atoms with Gasteiger partial charge in [0.15, 0.2) is 0 Å². The lowest BCUT2D eigenvalue weighted by molar-refractivity contribution is -0.0886. The fraction of sp³-hybridized carbons (Fsp3) is 0.500. The molecule has 168 valence electrons. The minimum absolute atomic E-state index is 0.0635. The third-order valence-electron chi connectivity index (χ3n) is 6.78. The first-order valence-corrected chi connectivity index (χ1v) is 11.5. The Balaban J connectivity index is 1.39. The van der Waals surface area contributed by atoms with Crippen molar-refractivity contribution in [2.45, 2.75) is 56.9 Å². The van der Waals surface area contributed by atoms with Crippen molar-refractivity contribution in [3.05, 3.63) is 47.7 Å². The summed E-state index contributed by atoms with van der Waals surface area (Å²) in [5.74, 6) is 1.69. The first kappa shape index (κ1) is 19.9. The number of aromatic amines is 1. The van der Waals surface area contributed by atoms with E-state index >= 15 is 0 Å². The predicted molar refractivity (Wildman–Crippen MR) is 119 cm³/mol. The van der Waals surface area contributed by atoms with Gasteiger partial charge in [-0.05, 0) is 44.7 Å². The van der Waals surface area contributed by atoms with Crippen LogP contribution in [0.3, 0.4) is 0 Å². The predicted octanol–water partition coefficient (Wildman–Crippen LogP) is 4.00. The Morgan fingerprint density at radius 3 is 2.72 bits per heavy atom. The van der Waals surface area contributed by atoms with Crippen molar-refractivity contribution in [1.82, 2.24) is 19.9 Å². The Bertz CT molecular complexity index is 1140. The standard InChI is InChI=1S/C24H28FN5O2/c1-13-9-30(10-14(2)32-13)20-11-31-21-7-16(25)5-6-17(21)22(20)29-24-18-8-19(15-3-4-15)28-23(18)26-12-27-24/h5-8,12-15,20,22H,3-4,9-11H2,1-2H3,(H2,26,27,28,29). The summed E-state index contributed by atoms with van der Waals surface area (Å²) in [6.07, 6.45) is 4.32. The van der Waals surface area contributed by atoms with Crippen LogP contribution in [0.2, 0.25) is 0 Å². The third-order valence-corrected chi connectivity index (χ3v) is 6.78. The zero-order chi connectivity index (χ0) is 21.8. The van der Waals surface area contributed by atoms with E-state index in [-0.39, 0.29) is 30.1 Å². The van der Waals surface area contributed by atoms with E-state index in [2.05, 4.69) is 45.1 Å². The Morgan fingerprint density at radius 2 is 1.94 bits per heavy atom. The highest BCUT2D eigenvalue weighted by atomic mass is 19.1. The molecule has 6 rings (SSSR count). The SMILES string of the molecule is CC1CN(C2COc3cc(F)ccc3C2Nc2ncnc3[nH]c(C4CC4)cc23)CC(C)O1. The van der Waals surface area contributed by atoms with Crippen molar-refractivity contribution in [2.75, 3.05) is 25.0 Å². The molecule has 32 heavy (non-hydrogen) atoms. The fourth-order valence-electron chi connectivity index (χ4n) is 5.18. The highest BCUT2D eigenvalue weighted by Crippen LogP contribution is 2.42. The molecule has 2 aromatic heterocycles. The molecule has 0 radical (unpaired) electrons. The van der Waals surface area contributed by atoms with Crippen LogP contribution in [0, 0.1) is 5.82 Å². The van der Waals surface area contributed by atoms with Crippen LogP contribution in [0.1, 0.15) is 49.9 Å². The Morgan fingerprint density at radius 1 is 1.12 bits per heavy atom. The van der Waals surface area contributed by atoms with Crippen LogP contribution >= 0.6 is 0 Å². The molecule has 1 saturated heterocycles. The number of fused-ring (bicyclic) bond motifs is 2. The normalized spacial score (nSPS) is 28.3. The highest BCUT2D eigenvalue weighted by molar-refractivity contribution is 5.88. The van der Waals surface area contributed by atoms with Crippen molar-refractivity contribution in [3.63, 3.8) is 0 Å². The van der Waals surface area contributed by atoms with E-state index in [9.17, 15) is 4.39 Å². The smallest absolute Gasteiger partial charge is 0.143 e. The lowest BCUT2D eigenvalue weighted by Gasteiger charge is -2.45. The number of nitrogens with zero attached hydrogens (tertiary/aromatic N) is 3. The van der Waals surface area contributed by atoms with Gasteiger partial charge in [-0.3, -0.25) is 4.90 Å². The van der Waals surface area contributed by atoms with Gasteiger partial charge in [-0.1, -0.05) is 6.07 Å². The minimum Gasteiger partial charge on any atom is -0.491 e. The topological polar surface area (TPSA) is 75.3 Å². The molecule has 4 unspecified atom stereocenters. The summed E-state index contributed by atoms with van der Waals surface area (Å²) in [7, 11) is 0. The molecular weight excluding hydrogens is 409 g/mol. The van der Waals surface area contributed by atoms with Gasteiger partial charge in [-0.2, -0.15) is 0 Å².